The Balaban J connectivity index is 2.00. The van der Waals surface area contributed by atoms with E-state index in [2.05, 4.69) is 15.5 Å². The molecule has 0 fully saturated rings. The van der Waals surface area contributed by atoms with Crippen molar-refractivity contribution in [2.45, 2.75) is 0 Å². The summed E-state index contributed by atoms with van der Waals surface area (Å²) in [7, 11) is 0. The van der Waals surface area contributed by atoms with Crippen LogP contribution in [0.3, 0.4) is 0 Å². The number of halogens is 2. The Labute approximate surface area is 126 Å². The number of nitrogens with one attached hydrogen (secondary N) is 1. The van der Waals surface area contributed by atoms with Gasteiger partial charge >= 0.3 is 0 Å². The van der Waals surface area contributed by atoms with Crippen LogP contribution in [0.2, 0.25) is 10.0 Å². The lowest BCUT2D eigenvalue weighted by atomic mass is 10.2. The average Bonchev–Trinajstić information content (AvgIpc) is 2.97. The number of carbonyl (C=O) groups is 1. The van der Waals surface area contributed by atoms with Crippen molar-refractivity contribution < 1.29 is 4.79 Å². The van der Waals surface area contributed by atoms with Crippen LogP contribution in [0, 0.1) is 0 Å². The molecular weight excluding hydrogens is 325 g/mol. The minimum absolute atomic E-state index is 0.293. The first-order chi connectivity index (χ1) is 9.15. The summed E-state index contributed by atoms with van der Waals surface area (Å²) in [4.78, 5) is 12.5. The van der Waals surface area contributed by atoms with E-state index in [1.165, 1.54) is 22.7 Å². The van der Waals surface area contributed by atoms with Crippen LogP contribution < -0.4 is 5.32 Å². The molecular formula is C11H5Cl2N3OS2. The second kappa shape index (κ2) is 5.05. The maximum absolute atomic E-state index is 12.1. The van der Waals surface area contributed by atoms with E-state index < -0.39 is 0 Å². The molecule has 19 heavy (non-hydrogen) atoms. The highest BCUT2D eigenvalue weighted by Crippen LogP contribution is 2.37. The quantitative estimate of drug-likeness (QED) is 0.762. The molecule has 0 radical (unpaired) electrons. The molecule has 4 nitrogen and oxygen atoms in total. The van der Waals surface area contributed by atoms with Crippen LogP contribution in [0.15, 0.2) is 23.7 Å². The van der Waals surface area contributed by atoms with Gasteiger partial charge in [0.1, 0.15) is 10.4 Å². The van der Waals surface area contributed by atoms with Crippen LogP contribution in [0.1, 0.15) is 9.67 Å². The van der Waals surface area contributed by atoms with Crippen molar-refractivity contribution in [2.75, 3.05) is 5.32 Å². The van der Waals surface area contributed by atoms with Gasteiger partial charge in [-0.15, -0.1) is 21.5 Å². The second-order valence-electron chi connectivity index (χ2n) is 3.58. The highest BCUT2D eigenvalue weighted by molar-refractivity contribution is 7.22. The summed E-state index contributed by atoms with van der Waals surface area (Å²) in [6, 6.07) is 5.34. The van der Waals surface area contributed by atoms with Crippen LogP contribution in [0.5, 0.6) is 0 Å². The number of amides is 1. The van der Waals surface area contributed by atoms with E-state index >= 15 is 0 Å². The molecule has 8 heteroatoms. The zero-order chi connectivity index (χ0) is 13.4. The van der Waals surface area contributed by atoms with Crippen molar-refractivity contribution in [1.29, 1.82) is 0 Å². The van der Waals surface area contributed by atoms with Gasteiger partial charge in [-0.25, -0.2) is 0 Å². The number of hydrogen-bond acceptors (Lipinski definition) is 5. The summed E-state index contributed by atoms with van der Waals surface area (Å²) in [6.07, 6.45) is 0. The molecule has 0 bridgehead atoms. The lowest BCUT2D eigenvalue weighted by Gasteiger charge is -1.97. The summed E-state index contributed by atoms with van der Waals surface area (Å²) in [6.45, 7) is 0. The number of fused-ring (bicyclic) bond motifs is 1. The first kappa shape index (κ1) is 12.8. The van der Waals surface area contributed by atoms with Crippen LogP contribution in [-0.2, 0) is 0 Å². The Kier molecular flexibility index (Phi) is 3.40. The monoisotopic (exact) mass is 329 g/mol. The number of benzene rings is 1. The number of thiophene rings is 1. The van der Waals surface area contributed by atoms with Gasteiger partial charge < -0.3 is 0 Å². The zero-order valence-electron chi connectivity index (χ0n) is 9.18. The highest BCUT2D eigenvalue weighted by Gasteiger charge is 2.18. The molecule has 1 aromatic carbocycles. The number of aromatic nitrogens is 2. The minimum Gasteiger partial charge on any atom is -0.296 e. The van der Waals surface area contributed by atoms with Gasteiger partial charge in [0, 0.05) is 15.1 Å². The fourth-order valence-corrected chi connectivity index (χ4v) is 3.69. The fraction of sp³-hybridized carbons (Fsp3) is 0. The molecule has 0 saturated carbocycles. The van der Waals surface area contributed by atoms with Gasteiger partial charge in [0.25, 0.3) is 5.91 Å². The van der Waals surface area contributed by atoms with Gasteiger partial charge in [0.05, 0.1) is 5.02 Å². The van der Waals surface area contributed by atoms with Crippen molar-refractivity contribution in [3.05, 3.63) is 38.6 Å². The van der Waals surface area contributed by atoms with Crippen LogP contribution in [-0.4, -0.2) is 16.1 Å². The average molecular weight is 330 g/mol. The van der Waals surface area contributed by atoms with E-state index in [0.29, 0.717) is 20.1 Å². The lowest BCUT2D eigenvalue weighted by molar-refractivity contribution is 0.103. The van der Waals surface area contributed by atoms with Crippen LogP contribution in [0.25, 0.3) is 10.1 Å². The Morgan fingerprint density at radius 2 is 2.16 bits per heavy atom. The first-order valence-electron chi connectivity index (χ1n) is 5.10. The highest BCUT2D eigenvalue weighted by atomic mass is 35.5. The molecule has 2 aromatic heterocycles. The summed E-state index contributed by atoms with van der Waals surface area (Å²) < 4.78 is 0.875. The van der Waals surface area contributed by atoms with E-state index in [-0.39, 0.29) is 5.91 Å². The molecule has 0 unspecified atom stereocenters. The van der Waals surface area contributed by atoms with Crippen molar-refractivity contribution in [2.24, 2.45) is 0 Å². The topological polar surface area (TPSA) is 54.9 Å². The van der Waals surface area contributed by atoms with Crippen LogP contribution >= 0.6 is 45.9 Å². The van der Waals surface area contributed by atoms with Gasteiger partial charge in [-0.1, -0.05) is 40.6 Å². The predicted octanol–water partition coefficient (Wildman–Crippen LogP) is 4.31. The Morgan fingerprint density at radius 1 is 1.32 bits per heavy atom. The lowest BCUT2D eigenvalue weighted by Crippen LogP contribution is -2.10. The standard InChI is InChI=1S/C11H5Cl2N3OS2/c12-5-1-2-6-7(3-5)19-9(8(6)13)10(17)15-11-16-14-4-18-11/h1-4H,(H,15,16,17). The first-order valence-corrected chi connectivity index (χ1v) is 7.55. The molecule has 1 N–H and O–H groups in total. The van der Waals surface area contributed by atoms with Crippen molar-refractivity contribution >= 4 is 67.0 Å². The number of carbonyl (C=O) groups excluding carboxylic acids is 1. The third-order valence-electron chi connectivity index (χ3n) is 2.38. The zero-order valence-corrected chi connectivity index (χ0v) is 12.3. The predicted molar refractivity (Wildman–Crippen MR) is 79.7 cm³/mol. The summed E-state index contributed by atoms with van der Waals surface area (Å²) in [5.41, 5.74) is 1.54. The number of nitrogens with zero attached hydrogens (tertiary/aromatic N) is 2. The van der Waals surface area contributed by atoms with Gasteiger partial charge in [0.2, 0.25) is 5.13 Å². The van der Waals surface area contributed by atoms with E-state index in [1.54, 1.807) is 23.7 Å². The summed E-state index contributed by atoms with van der Waals surface area (Å²) >= 11 is 14.7. The Bertz CT molecular complexity index is 755. The summed E-state index contributed by atoms with van der Waals surface area (Å²) in [5, 5.41) is 12.4. The minimum atomic E-state index is -0.293. The van der Waals surface area contributed by atoms with Gasteiger partial charge in [-0.3, -0.25) is 10.1 Å². The molecule has 0 aliphatic carbocycles. The molecule has 0 aliphatic heterocycles. The van der Waals surface area contributed by atoms with E-state index in [1.807, 2.05) is 0 Å². The summed E-state index contributed by atoms with van der Waals surface area (Å²) in [5.74, 6) is -0.293. The fourth-order valence-electron chi connectivity index (χ4n) is 1.57. The van der Waals surface area contributed by atoms with E-state index in [4.69, 9.17) is 23.2 Å². The Hall–Kier alpha value is -1.21. The molecule has 0 spiro atoms. The van der Waals surface area contributed by atoms with Gasteiger partial charge in [0.15, 0.2) is 0 Å². The molecule has 96 valence electrons. The Morgan fingerprint density at radius 3 is 2.89 bits per heavy atom. The number of rotatable bonds is 2. The molecule has 1 amide bonds. The van der Waals surface area contributed by atoms with E-state index in [9.17, 15) is 4.79 Å². The molecule has 2 heterocycles. The van der Waals surface area contributed by atoms with Crippen molar-refractivity contribution in [1.82, 2.24) is 10.2 Å². The SMILES string of the molecule is O=C(Nc1nncs1)c1sc2cc(Cl)ccc2c1Cl. The maximum atomic E-state index is 12.1. The van der Waals surface area contributed by atoms with E-state index in [0.717, 1.165) is 10.1 Å². The normalized spacial score (nSPS) is 10.8. The molecule has 3 rings (SSSR count). The largest absolute Gasteiger partial charge is 0.296 e. The maximum Gasteiger partial charge on any atom is 0.269 e. The second-order valence-corrected chi connectivity index (χ2v) is 6.28. The van der Waals surface area contributed by atoms with Crippen molar-refractivity contribution in [3.63, 3.8) is 0 Å². The van der Waals surface area contributed by atoms with Gasteiger partial charge in [-0.2, -0.15) is 0 Å². The van der Waals surface area contributed by atoms with Gasteiger partial charge in [-0.05, 0) is 12.1 Å². The molecule has 0 atom stereocenters. The number of anilines is 1. The smallest absolute Gasteiger partial charge is 0.269 e. The molecule has 3 aromatic rings. The molecule has 0 aliphatic rings. The third-order valence-corrected chi connectivity index (χ3v) is 4.88. The van der Waals surface area contributed by atoms with Crippen molar-refractivity contribution in [3.8, 4) is 0 Å². The van der Waals surface area contributed by atoms with Crippen LogP contribution in [0.4, 0.5) is 5.13 Å². The third kappa shape index (κ3) is 2.44. The molecule has 0 saturated heterocycles. The number of hydrogen-bond donors (Lipinski definition) is 1.